The van der Waals surface area contributed by atoms with Gasteiger partial charge in [0.1, 0.15) is 0 Å². The Hall–Kier alpha value is -18.5. The van der Waals surface area contributed by atoms with E-state index in [1.807, 2.05) is 0 Å². The molecule has 4 nitrogen and oxygen atoms in total. The first kappa shape index (κ1) is 81.1. The predicted octanol–water partition coefficient (Wildman–Crippen LogP) is 37.9. The number of hydrogen-bond donors (Lipinski definition) is 0. The third-order valence-electron chi connectivity index (χ3n) is 29.0. The number of benzene rings is 25. The zero-order chi connectivity index (χ0) is 92.2. The summed E-state index contributed by atoms with van der Waals surface area (Å²) in [6.45, 7) is 0. The molecular weight excluding hydrogens is 1690 g/mol. The van der Waals surface area contributed by atoms with Crippen molar-refractivity contribution in [2.75, 3.05) is 9.80 Å². The summed E-state index contributed by atoms with van der Waals surface area (Å²) in [5.74, 6) is 0. The van der Waals surface area contributed by atoms with Crippen LogP contribution in [0.4, 0.5) is 34.1 Å². The van der Waals surface area contributed by atoms with Crippen LogP contribution in [-0.2, 0) is 0 Å². The summed E-state index contributed by atoms with van der Waals surface area (Å²) in [5.41, 5.74) is 34.1. The summed E-state index contributed by atoms with van der Waals surface area (Å²) >= 11 is 0. The normalized spacial score (nSPS) is 11.7. The number of fused-ring (bicyclic) bond motifs is 16. The second kappa shape index (κ2) is 33.9. The monoisotopic (exact) mass is 1780 g/mol. The average Bonchev–Trinajstić information content (AvgIpc) is 1.58. The van der Waals surface area contributed by atoms with Gasteiger partial charge in [-0.1, -0.05) is 382 Å². The van der Waals surface area contributed by atoms with Gasteiger partial charge in [0.15, 0.2) is 0 Å². The zero-order valence-electron chi connectivity index (χ0n) is 76.6. The maximum absolute atomic E-state index is 2.47. The largest absolute Gasteiger partial charge is 0.310 e. The van der Waals surface area contributed by atoms with E-state index in [9.17, 15) is 0 Å². The first-order valence-electron chi connectivity index (χ1n) is 48.3. The molecule has 0 N–H and O–H groups in total. The minimum atomic E-state index is 1.05. The summed E-state index contributed by atoms with van der Waals surface area (Å²) in [4.78, 5) is 4.87. The smallest absolute Gasteiger partial charge is 0.0547 e. The molecule has 4 heteroatoms. The van der Waals surface area contributed by atoms with Gasteiger partial charge in [0.2, 0.25) is 0 Å². The molecule has 0 saturated heterocycles. The molecule has 2 aromatic heterocycles. The molecule has 0 aliphatic carbocycles. The van der Waals surface area contributed by atoms with Crippen molar-refractivity contribution in [2.45, 2.75) is 0 Å². The molecule has 0 saturated carbocycles. The van der Waals surface area contributed by atoms with E-state index in [1.165, 1.54) is 141 Å². The lowest BCUT2D eigenvalue weighted by Crippen LogP contribution is -2.11. The molecule has 25 aromatic carbocycles. The highest BCUT2D eigenvalue weighted by molar-refractivity contribution is 6.19. The van der Waals surface area contributed by atoms with Crippen LogP contribution in [0.5, 0.6) is 0 Å². The molecule has 0 atom stereocenters. The second-order valence-electron chi connectivity index (χ2n) is 37.0. The van der Waals surface area contributed by atoms with Gasteiger partial charge in [-0.3, -0.25) is 0 Å². The lowest BCUT2D eigenvalue weighted by atomic mass is 9.94. The van der Waals surface area contributed by atoms with Gasteiger partial charge in [0.25, 0.3) is 0 Å². The second-order valence-corrected chi connectivity index (χ2v) is 37.0. The summed E-state index contributed by atoms with van der Waals surface area (Å²) in [7, 11) is 0. The highest BCUT2D eigenvalue weighted by atomic mass is 15.2. The van der Waals surface area contributed by atoms with Crippen LogP contribution in [0.2, 0.25) is 0 Å². The topological polar surface area (TPSA) is 16.3 Å². The number of para-hydroxylation sites is 5. The molecule has 27 aromatic rings. The number of nitrogens with zero attached hydrogens (tertiary/aromatic N) is 4. The van der Waals surface area contributed by atoms with Crippen molar-refractivity contribution in [3.63, 3.8) is 0 Å². The predicted molar refractivity (Wildman–Crippen MR) is 596 cm³/mol. The third kappa shape index (κ3) is 14.1. The molecule has 0 bridgehead atoms. The van der Waals surface area contributed by atoms with Gasteiger partial charge >= 0.3 is 0 Å². The maximum Gasteiger partial charge on any atom is 0.0547 e. The van der Waals surface area contributed by atoms with Gasteiger partial charge in [-0.15, -0.1) is 0 Å². The van der Waals surface area contributed by atoms with Gasteiger partial charge in [0, 0.05) is 66.8 Å². The molecule has 0 spiro atoms. The molecule has 0 unspecified atom stereocenters. The van der Waals surface area contributed by atoms with E-state index in [-0.39, 0.29) is 0 Å². The van der Waals surface area contributed by atoms with Gasteiger partial charge in [-0.2, -0.15) is 0 Å². The quantitative estimate of drug-likeness (QED) is 0.0845. The standard InChI is InChI=1S/C136H88N4/c1-2-32-111(33-3-1)139-131-45-16-12-39-126(131)135-124(41-21-47-133(135)139)106-30-18-28-104(85-106)122-37-10-15-44-130(122)138(114-74-63-92(64-75-114)101-68-79-120-109(83-101)57-52-95-25-7-9-36-118(95)120)115-76-65-93(66-77-115)102-69-80-121-110(84-102)58-53-96-50-55-103(88-128(96)121)98-27-20-34-116(87-98)140-132-46-17-13-40-127(132)136-125(42-22-48-134(136)140)107-31-19-29-105(86-107)123-38-11-14-43-129(123)137(112-70-59-90(60-71-112)99-54-49-89-23-4-5-26-97(89)81-99)113-72-61-91(62-73-113)100-67-78-119-108(82-100)56-51-94-24-6-8-35-117(94)119/h1-88H. The summed E-state index contributed by atoms with van der Waals surface area (Å²) in [6.07, 6.45) is 0. The maximum atomic E-state index is 2.47. The molecule has 0 radical (unpaired) electrons. The Morgan fingerprint density at radius 3 is 0.879 bits per heavy atom. The van der Waals surface area contributed by atoms with Crippen LogP contribution >= 0.6 is 0 Å². The van der Waals surface area contributed by atoms with Crippen LogP contribution in [0.15, 0.2) is 534 Å². The molecule has 0 fully saturated rings. The third-order valence-corrected chi connectivity index (χ3v) is 29.0. The van der Waals surface area contributed by atoms with Gasteiger partial charge < -0.3 is 18.9 Å². The lowest BCUT2D eigenvalue weighted by Gasteiger charge is -2.28. The molecule has 27 rings (SSSR count). The Bertz CT molecular complexity index is 9620. The number of aromatic nitrogens is 2. The summed E-state index contributed by atoms with van der Waals surface area (Å²) < 4.78 is 4.87. The number of rotatable bonds is 17. The molecule has 652 valence electrons. The average molecular weight is 1780 g/mol. The fourth-order valence-corrected chi connectivity index (χ4v) is 22.3. The number of anilines is 6. The van der Waals surface area contributed by atoms with Crippen LogP contribution in [-0.4, -0.2) is 9.13 Å². The van der Waals surface area contributed by atoms with Crippen molar-refractivity contribution in [3.8, 4) is 112 Å². The van der Waals surface area contributed by atoms with Crippen molar-refractivity contribution in [3.05, 3.63) is 534 Å². The molecule has 0 aliphatic rings. The van der Waals surface area contributed by atoms with E-state index < -0.39 is 0 Å². The van der Waals surface area contributed by atoms with Crippen molar-refractivity contribution in [1.29, 1.82) is 0 Å². The highest BCUT2D eigenvalue weighted by Gasteiger charge is 2.26. The Kier molecular flexibility index (Phi) is 19.6. The molecule has 0 amide bonds. The van der Waals surface area contributed by atoms with E-state index >= 15 is 0 Å². The van der Waals surface area contributed by atoms with E-state index in [2.05, 4.69) is 553 Å². The zero-order valence-corrected chi connectivity index (χ0v) is 76.6. The van der Waals surface area contributed by atoms with Gasteiger partial charge in [0.05, 0.1) is 33.4 Å². The Labute approximate surface area is 811 Å². The Balaban J connectivity index is 0.506. The van der Waals surface area contributed by atoms with Crippen LogP contribution in [0.1, 0.15) is 0 Å². The van der Waals surface area contributed by atoms with Crippen molar-refractivity contribution >= 4 is 153 Å². The molecule has 2 heterocycles. The fraction of sp³-hybridized carbons (Fsp3) is 0. The SMILES string of the molecule is c1ccc(-n2c3ccccc3c3c(-c4cccc(-c5ccccc5N(c5ccc(-c6ccc7c(ccc8ccccc87)c6)cc5)c5ccc(-c6ccc7c(ccc8ccc(-c9cccc(-n%10c%11ccccc%11c%11c(-c%12cccc(-c%13ccccc%13N(c%13ccc(-c%14ccc%15ccccc%15c%14)cc%13)c%13ccc(-c%14ccc%15c(ccc%16ccccc%16%15)c%14)cc%13)c%12)cccc%11%10)c9)cc87)c6)cc5)c4)cccc32)cc1. The van der Waals surface area contributed by atoms with Crippen LogP contribution < -0.4 is 9.80 Å². The minimum absolute atomic E-state index is 1.05. The summed E-state index contributed by atoms with van der Waals surface area (Å²) in [5, 5.41) is 22.2. The van der Waals surface area contributed by atoms with E-state index in [1.54, 1.807) is 0 Å². The highest BCUT2D eigenvalue weighted by Crippen LogP contribution is 2.50. The summed E-state index contributed by atoms with van der Waals surface area (Å²) in [6, 6.07) is 198. The van der Waals surface area contributed by atoms with Crippen LogP contribution in [0.25, 0.3) is 231 Å². The first-order chi connectivity index (χ1) is 69.4. The van der Waals surface area contributed by atoms with Crippen molar-refractivity contribution in [1.82, 2.24) is 9.13 Å². The van der Waals surface area contributed by atoms with Crippen LogP contribution in [0, 0.1) is 0 Å². The van der Waals surface area contributed by atoms with E-state index in [4.69, 9.17) is 0 Å². The fourth-order valence-electron chi connectivity index (χ4n) is 22.3. The molecule has 140 heavy (non-hydrogen) atoms. The van der Waals surface area contributed by atoms with E-state index in [0.29, 0.717) is 0 Å². The first-order valence-corrected chi connectivity index (χ1v) is 48.3. The number of hydrogen-bond acceptors (Lipinski definition) is 2. The molecular formula is C136H88N4. The lowest BCUT2D eigenvalue weighted by molar-refractivity contribution is 1.18. The van der Waals surface area contributed by atoms with E-state index in [0.717, 1.165) is 123 Å². The molecule has 0 aliphatic heterocycles. The Morgan fingerprint density at radius 1 is 0.129 bits per heavy atom. The van der Waals surface area contributed by atoms with Crippen LogP contribution in [0.3, 0.4) is 0 Å². The van der Waals surface area contributed by atoms with Crippen molar-refractivity contribution < 1.29 is 0 Å². The van der Waals surface area contributed by atoms with Gasteiger partial charge in [-0.05, 0) is 316 Å². The van der Waals surface area contributed by atoms with Gasteiger partial charge in [-0.25, -0.2) is 0 Å². The minimum Gasteiger partial charge on any atom is -0.310 e. The Morgan fingerprint density at radius 2 is 0.407 bits per heavy atom. The van der Waals surface area contributed by atoms with Crippen molar-refractivity contribution in [2.24, 2.45) is 0 Å².